The van der Waals surface area contributed by atoms with Crippen LogP contribution < -0.4 is 11.1 Å². The first kappa shape index (κ1) is 29.9. The summed E-state index contributed by atoms with van der Waals surface area (Å²) < 4.78 is 1.47. The second-order valence-electron chi connectivity index (χ2n) is 10.5. The lowest BCUT2D eigenvalue weighted by atomic mass is 10.0. The van der Waals surface area contributed by atoms with Gasteiger partial charge in [0.25, 0.3) is 0 Å². The van der Waals surface area contributed by atoms with Crippen molar-refractivity contribution in [3.05, 3.63) is 112 Å². The highest BCUT2D eigenvalue weighted by Crippen LogP contribution is 2.31. The summed E-state index contributed by atoms with van der Waals surface area (Å²) in [6.07, 6.45) is 4.45. The molecule has 0 spiro atoms. The van der Waals surface area contributed by atoms with Gasteiger partial charge in [-0.05, 0) is 60.7 Å². The second kappa shape index (κ2) is 12.8. The zero-order valence-electron chi connectivity index (χ0n) is 23.8. The van der Waals surface area contributed by atoms with Crippen LogP contribution in [0, 0.1) is 0 Å². The quantitative estimate of drug-likeness (QED) is 0.113. The van der Waals surface area contributed by atoms with Crippen LogP contribution in [0.5, 0.6) is 0 Å². The Morgan fingerprint density at radius 2 is 1.87 bits per heavy atom. The van der Waals surface area contributed by atoms with Crippen molar-refractivity contribution in [1.82, 2.24) is 35.3 Å². The van der Waals surface area contributed by atoms with Crippen molar-refractivity contribution in [3.8, 4) is 16.9 Å². The van der Waals surface area contributed by atoms with Gasteiger partial charge < -0.3 is 21.1 Å². The minimum atomic E-state index is -1.08. The molecule has 0 bridgehead atoms. The number of nitrogen functional groups attached to an aromatic ring is 1. The number of aromatic amines is 2. The average molecular weight is 644 g/mol. The number of aromatic carboxylic acids is 1. The number of hydrogen-bond acceptors (Lipinski definition) is 6. The SMILES string of the molecule is Nc1n[nH]c2cc(-c3nc([C@H](CCc4ccccc4)NC(=O)CCc4cc(Cl)ccc4-n4cc(C(=O)O)cn4)[nH]c3Cl)ccc12. The first-order valence-corrected chi connectivity index (χ1v) is 14.9. The fourth-order valence-corrected chi connectivity index (χ4v) is 5.65. The lowest BCUT2D eigenvalue weighted by Crippen LogP contribution is -2.30. The molecule has 0 aliphatic rings. The number of nitrogens with zero attached hydrogens (tertiary/aromatic N) is 4. The molecule has 3 aromatic heterocycles. The number of carboxylic acids is 1. The maximum atomic E-state index is 13.4. The molecule has 11 nitrogen and oxygen atoms in total. The van der Waals surface area contributed by atoms with Crippen LogP contribution in [0.1, 0.15) is 46.2 Å². The van der Waals surface area contributed by atoms with Gasteiger partial charge in [0.1, 0.15) is 16.7 Å². The van der Waals surface area contributed by atoms with Gasteiger partial charge in [0.05, 0.1) is 29.0 Å². The highest BCUT2D eigenvalue weighted by atomic mass is 35.5. The summed E-state index contributed by atoms with van der Waals surface area (Å²) in [5.74, 6) is -0.335. The van der Waals surface area contributed by atoms with E-state index in [-0.39, 0.29) is 17.9 Å². The Hall–Kier alpha value is -5.13. The first-order valence-electron chi connectivity index (χ1n) is 14.1. The smallest absolute Gasteiger partial charge is 0.338 e. The van der Waals surface area contributed by atoms with Crippen LogP contribution in [0.3, 0.4) is 0 Å². The number of carbonyl (C=O) groups is 2. The van der Waals surface area contributed by atoms with Gasteiger partial charge >= 0.3 is 5.97 Å². The number of H-pyrrole nitrogens is 2. The molecule has 0 saturated heterocycles. The summed E-state index contributed by atoms with van der Waals surface area (Å²) in [5.41, 5.74) is 10.6. The van der Waals surface area contributed by atoms with E-state index in [4.69, 9.17) is 33.9 Å². The molecule has 0 radical (unpaired) electrons. The number of aryl methyl sites for hydroxylation is 2. The highest BCUT2D eigenvalue weighted by molar-refractivity contribution is 6.32. The Morgan fingerprint density at radius 3 is 2.64 bits per heavy atom. The van der Waals surface area contributed by atoms with Crippen LogP contribution in [0.25, 0.3) is 27.8 Å². The number of nitrogens with two attached hydrogens (primary N) is 1. The molecule has 0 aliphatic heterocycles. The molecule has 45 heavy (non-hydrogen) atoms. The molecule has 3 aromatic carbocycles. The van der Waals surface area contributed by atoms with Gasteiger partial charge in [-0.3, -0.25) is 9.89 Å². The number of aromatic nitrogens is 6. The van der Waals surface area contributed by atoms with Crippen LogP contribution in [0.2, 0.25) is 10.2 Å². The summed E-state index contributed by atoms with van der Waals surface area (Å²) in [6.45, 7) is 0. The molecular formula is C32H28Cl2N8O3. The molecule has 0 fully saturated rings. The number of amides is 1. The molecule has 0 unspecified atom stereocenters. The number of rotatable bonds is 11. The number of nitrogens with one attached hydrogen (secondary N) is 3. The van der Waals surface area contributed by atoms with Crippen molar-refractivity contribution in [1.29, 1.82) is 0 Å². The third-order valence-corrected chi connectivity index (χ3v) is 8.02. The molecular weight excluding hydrogens is 615 g/mol. The van der Waals surface area contributed by atoms with E-state index >= 15 is 0 Å². The number of anilines is 1. The van der Waals surface area contributed by atoms with E-state index < -0.39 is 12.0 Å². The molecule has 6 aromatic rings. The van der Waals surface area contributed by atoms with Gasteiger partial charge in [0.15, 0.2) is 5.82 Å². The maximum absolute atomic E-state index is 13.4. The van der Waals surface area contributed by atoms with Gasteiger partial charge in [-0.25, -0.2) is 14.5 Å². The summed E-state index contributed by atoms with van der Waals surface area (Å²) in [7, 11) is 0. The number of carbonyl (C=O) groups excluding carboxylic acids is 1. The average Bonchev–Trinajstić information content (AvgIpc) is 3.77. The van der Waals surface area contributed by atoms with Crippen LogP contribution in [-0.2, 0) is 17.6 Å². The normalized spacial score (nSPS) is 12.0. The third kappa shape index (κ3) is 6.69. The van der Waals surface area contributed by atoms with Crippen LogP contribution in [0.4, 0.5) is 5.82 Å². The predicted molar refractivity (Wildman–Crippen MR) is 173 cm³/mol. The fraction of sp³-hybridized carbons (Fsp3) is 0.156. The van der Waals surface area contributed by atoms with Gasteiger partial charge in [-0.15, -0.1) is 0 Å². The van der Waals surface area contributed by atoms with E-state index in [9.17, 15) is 14.7 Å². The van der Waals surface area contributed by atoms with E-state index in [1.807, 2.05) is 48.5 Å². The Balaban J connectivity index is 1.22. The van der Waals surface area contributed by atoms with Crippen molar-refractivity contribution in [2.75, 3.05) is 5.73 Å². The van der Waals surface area contributed by atoms with Gasteiger partial charge in [0, 0.05) is 28.6 Å². The number of halogens is 2. The Bertz CT molecular complexity index is 2000. The Kier molecular flexibility index (Phi) is 8.54. The number of hydrogen-bond donors (Lipinski definition) is 5. The summed E-state index contributed by atoms with van der Waals surface area (Å²) >= 11 is 12.9. The zero-order chi connectivity index (χ0) is 31.5. The van der Waals surface area contributed by atoms with Crippen molar-refractivity contribution in [3.63, 3.8) is 0 Å². The standard InChI is InChI=1S/C32H28Cl2N8O3/c33-22-9-12-26(42-17-21(16-36-42)32(44)45)19(14-22)8-13-27(43)37-24(11-6-18-4-2-1-3-5-18)31-38-28(29(34)39-31)20-7-10-23-25(15-20)40-41-30(23)35/h1-5,7,9-10,12,14-17,24H,6,8,11,13H2,(H,37,43)(H,38,39)(H,44,45)(H3,35,40,41)/t24-/m0/s1. The van der Waals surface area contributed by atoms with Gasteiger partial charge in [-0.1, -0.05) is 59.6 Å². The minimum Gasteiger partial charge on any atom is -0.478 e. The Labute approximate surface area is 267 Å². The van der Waals surface area contributed by atoms with Crippen LogP contribution in [0.15, 0.2) is 79.1 Å². The van der Waals surface area contributed by atoms with Gasteiger partial charge in [0.2, 0.25) is 5.91 Å². The molecule has 6 rings (SSSR count). The van der Waals surface area contributed by atoms with E-state index in [2.05, 4.69) is 25.6 Å². The summed E-state index contributed by atoms with van der Waals surface area (Å²) in [4.78, 5) is 32.8. The zero-order valence-corrected chi connectivity index (χ0v) is 25.3. The molecule has 1 atom stereocenters. The number of fused-ring (bicyclic) bond motifs is 1. The summed E-state index contributed by atoms with van der Waals surface area (Å²) in [5, 5.41) is 25.2. The second-order valence-corrected chi connectivity index (χ2v) is 11.4. The number of imidazole rings is 1. The van der Waals surface area contributed by atoms with Gasteiger partial charge in [-0.2, -0.15) is 10.2 Å². The summed E-state index contributed by atoms with van der Waals surface area (Å²) in [6, 6.07) is 20.3. The van der Waals surface area contributed by atoms with E-state index in [0.29, 0.717) is 52.5 Å². The third-order valence-electron chi connectivity index (χ3n) is 7.51. The number of carboxylic acid groups (broad SMARTS) is 1. The van der Waals surface area contributed by atoms with Crippen molar-refractivity contribution in [2.24, 2.45) is 0 Å². The molecule has 1 amide bonds. The molecule has 228 valence electrons. The van der Waals surface area contributed by atoms with E-state index in [1.165, 1.54) is 17.1 Å². The maximum Gasteiger partial charge on any atom is 0.338 e. The largest absolute Gasteiger partial charge is 0.478 e. The molecule has 3 heterocycles. The topological polar surface area (TPSA) is 168 Å². The number of benzene rings is 3. The molecule has 0 saturated carbocycles. The molecule has 6 N–H and O–H groups in total. The lowest BCUT2D eigenvalue weighted by Gasteiger charge is -2.17. The van der Waals surface area contributed by atoms with Crippen LogP contribution >= 0.6 is 23.2 Å². The first-order chi connectivity index (χ1) is 21.7. The Morgan fingerprint density at radius 1 is 1.04 bits per heavy atom. The van der Waals surface area contributed by atoms with E-state index in [0.717, 1.165) is 27.6 Å². The van der Waals surface area contributed by atoms with Crippen molar-refractivity contribution in [2.45, 2.75) is 31.7 Å². The predicted octanol–water partition coefficient (Wildman–Crippen LogP) is 6.15. The lowest BCUT2D eigenvalue weighted by molar-refractivity contribution is -0.121. The van der Waals surface area contributed by atoms with E-state index in [1.54, 1.807) is 18.2 Å². The van der Waals surface area contributed by atoms with Crippen molar-refractivity contribution < 1.29 is 14.7 Å². The monoisotopic (exact) mass is 642 g/mol. The molecule has 0 aliphatic carbocycles. The van der Waals surface area contributed by atoms with Crippen LogP contribution in [-0.4, -0.2) is 46.9 Å². The highest BCUT2D eigenvalue weighted by Gasteiger charge is 2.22. The molecule has 13 heteroatoms. The fourth-order valence-electron chi connectivity index (χ4n) is 5.20. The van der Waals surface area contributed by atoms with Crippen molar-refractivity contribution >= 4 is 51.8 Å². The minimum absolute atomic E-state index is 0.0556.